The van der Waals surface area contributed by atoms with Gasteiger partial charge < -0.3 is 14.0 Å². The van der Waals surface area contributed by atoms with E-state index in [-0.39, 0.29) is 51.4 Å². The molecule has 0 saturated heterocycles. The van der Waals surface area contributed by atoms with Crippen LogP contribution >= 0.6 is 0 Å². The fourth-order valence-corrected chi connectivity index (χ4v) is 14.1. The minimum atomic E-state index is -0.498. The molecule has 0 aliphatic rings. The van der Waals surface area contributed by atoms with E-state index in [9.17, 15) is 0 Å². The molecular formula is C95H88N4. The van der Waals surface area contributed by atoms with Crippen molar-refractivity contribution >= 4 is 43.6 Å². The Morgan fingerprint density at radius 2 is 0.768 bits per heavy atom. The first-order valence-electron chi connectivity index (χ1n) is 36.5. The molecule has 14 rings (SSSR count). The molecule has 488 valence electrons. The lowest BCUT2D eigenvalue weighted by Crippen LogP contribution is -2.16. The summed E-state index contributed by atoms with van der Waals surface area (Å²) in [5.41, 5.74) is 23.6. The van der Waals surface area contributed by atoms with Crippen molar-refractivity contribution in [3.05, 3.63) is 323 Å². The highest BCUT2D eigenvalue weighted by Crippen LogP contribution is 2.48. The Kier molecular flexibility index (Phi) is 16.7. The molecule has 14 aromatic rings. The van der Waals surface area contributed by atoms with Gasteiger partial charge in [-0.05, 0) is 166 Å². The average Bonchev–Trinajstić information content (AvgIpc) is 1.51. The molecule has 0 unspecified atom stereocenters. The predicted octanol–water partition coefficient (Wildman–Crippen LogP) is 25.8. The van der Waals surface area contributed by atoms with Gasteiger partial charge in [-0.15, -0.1) is 6.42 Å². The zero-order chi connectivity index (χ0) is 74.5. The predicted molar refractivity (Wildman–Crippen MR) is 422 cm³/mol. The minimum Gasteiger partial charge on any atom is -0.309 e. The average molecular weight is 1290 g/mol. The second kappa shape index (κ2) is 27.0. The molecule has 4 nitrogen and oxygen atoms in total. The molecule has 0 fully saturated rings. The number of para-hydroxylation sites is 3. The molecule has 2 aromatic heterocycles. The van der Waals surface area contributed by atoms with E-state index in [1.54, 1.807) is 0 Å². The van der Waals surface area contributed by atoms with E-state index in [4.69, 9.17) is 25.1 Å². The van der Waals surface area contributed by atoms with Crippen molar-refractivity contribution in [1.82, 2.24) is 9.13 Å². The van der Waals surface area contributed by atoms with Crippen LogP contribution in [0, 0.1) is 30.2 Å². The molecule has 0 spiro atoms. The molecule has 0 amide bonds. The second-order valence-electron chi connectivity index (χ2n) is 30.3. The van der Waals surface area contributed by atoms with E-state index in [2.05, 4.69) is 285 Å². The van der Waals surface area contributed by atoms with E-state index in [1.165, 1.54) is 60.8 Å². The van der Waals surface area contributed by atoms with Gasteiger partial charge in [-0.2, -0.15) is 5.26 Å². The van der Waals surface area contributed by atoms with Gasteiger partial charge in [0.2, 0.25) is 0 Å². The number of aromatic nitrogens is 2. The summed E-state index contributed by atoms with van der Waals surface area (Å²) in [5, 5.41) is 13.3. The third-order valence-corrected chi connectivity index (χ3v) is 18.9. The first-order valence-corrected chi connectivity index (χ1v) is 34.0. The lowest BCUT2D eigenvalue weighted by Gasteiger charge is -2.27. The second-order valence-corrected chi connectivity index (χ2v) is 30.3. The monoisotopic (exact) mass is 1290 g/mol. The first kappa shape index (κ1) is 61.4. The third kappa shape index (κ3) is 13.5. The molecule has 99 heavy (non-hydrogen) atoms. The van der Waals surface area contributed by atoms with Gasteiger partial charge in [0.1, 0.15) is 0 Å². The normalized spacial score (nSPS) is 12.6. The Hall–Kier alpha value is -11.2. The van der Waals surface area contributed by atoms with Crippen LogP contribution in [-0.4, -0.2) is 9.13 Å². The highest BCUT2D eigenvalue weighted by atomic mass is 15.0. The maximum atomic E-state index is 9.05. The van der Waals surface area contributed by atoms with Gasteiger partial charge in [-0.1, -0.05) is 295 Å². The fraction of sp³-hybridized carbons (Fsp3) is 0.200. The number of rotatable bonds is 8. The van der Waals surface area contributed by atoms with Crippen molar-refractivity contribution in [2.24, 2.45) is 0 Å². The summed E-state index contributed by atoms with van der Waals surface area (Å²) in [6.45, 7) is 38.4. The maximum Gasteiger partial charge on any atom is 0.252 e. The van der Waals surface area contributed by atoms with Crippen molar-refractivity contribution < 1.29 is 6.85 Å². The summed E-state index contributed by atoms with van der Waals surface area (Å²) in [6, 6.07) is 84.6. The van der Waals surface area contributed by atoms with Crippen molar-refractivity contribution in [2.45, 2.75) is 124 Å². The Labute approximate surface area is 594 Å². The Morgan fingerprint density at radius 3 is 1.21 bits per heavy atom. The van der Waals surface area contributed by atoms with Crippen LogP contribution in [0.3, 0.4) is 0 Å². The molecular weight excluding hydrogens is 1200 g/mol. The number of hydrogen-bond donors (Lipinski definition) is 0. The third-order valence-electron chi connectivity index (χ3n) is 18.9. The van der Waals surface area contributed by atoms with Crippen molar-refractivity contribution in [3.63, 3.8) is 0 Å². The Bertz CT molecular complexity index is 5570. The molecule has 4 heteroatoms. The van der Waals surface area contributed by atoms with Gasteiger partial charge in [0.05, 0.1) is 46.2 Å². The van der Waals surface area contributed by atoms with Crippen LogP contribution in [0.5, 0.6) is 0 Å². The van der Waals surface area contributed by atoms with Gasteiger partial charge in [0.15, 0.2) is 0 Å². The SMILES string of the molecule is C#Cc1ccc(-c2cccc(-c3ccc(C#N)cc3)c2C(C)(C)C)cc1.[2H]c1c([2H])c([2H])c(-c2cccc3c2c2c(C(C)(C)C)c(-n4c5ccccc5c5ccccc54)ccc2n3-c2ccccc2)c([2H])c1[2H].[C-]#[N+]C(C)(C)c1ccc(-c2cccc(-c3ccc(C(C)(C)C)cc3)c2C(C)(C)C)cc1. The Balaban J connectivity index is 0.000000156. The Morgan fingerprint density at radius 1 is 0.364 bits per heavy atom. The summed E-state index contributed by atoms with van der Waals surface area (Å²) < 4.78 is 47.8. The molecule has 0 aliphatic heterocycles. The van der Waals surface area contributed by atoms with Gasteiger partial charge in [0, 0.05) is 52.2 Å². The zero-order valence-electron chi connectivity index (χ0n) is 64.5. The van der Waals surface area contributed by atoms with E-state index in [1.807, 2.05) is 80.6 Å². The van der Waals surface area contributed by atoms with Crippen LogP contribution in [0.25, 0.3) is 115 Å². The summed E-state index contributed by atoms with van der Waals surface area (Å²) in [6.07, 6.45) is 5.49. The van der Waals surface area contributed by atoms with Gasteiger partial charge in [0.25, 0.3) is 5.54 Å². The number of benzene rings is 12. The van der Waals surface area contributed by atoms with Gasteiger partial charge in [-0.3, -0.25) is 0 Å². The number of fused-ring (bicyclic) bond motifs is 6. The number of terminal acetylenes is 1. The van der Waals surface area contributed by atoms with E-state index >= 15 is 0 Å². The van der Waals surface area contributed by atoms with Crippen molar-refractivity contribution in [2.75, 3.05) is 0 Å². The zero-order valence-corrected chi connectivity index (χ0v) is 59.5. The summed E-state index contributed by atoms with van der Waals surface area (Å²) >= 11 is 0. The minimum absolute atomic E-state index is 0.0108. The van der Waals surface area contributed by atoms with Crippen molar-refractivity contribution in [3.8, 4) is 85.4 Å². The van der Waals surface area contributed by atoms with Gasteiger partial charge >= 0.3 is 0 Å². The van der Waals surface area contributed by atoms with Crippen LogP contribution in [-0.2, 0) is 27.2 Å². The molecule has 0 saturated carbocycles. The van der Waals surface area contributed by atoms with Gasteiger partial charge in [-0.25, -0.2) is 6.57 Å². The molecule has 0 aliphatic carbocycles. The topological polar surface area (TPSA) is 38.0 Å². The molecule has 0 N–H and O–H groups in total. The van der Waals surface area contributed by atoms with Crippen LogP contribution in [0.4, 0.5) is 0 Å². The van der Waals surface area contributed by atoms with Crippen LogP contribution in [0.2, 0.25) is 0 Å². The largest absolute Gasteiger partial charge is 0.309 e. The van der Waals surface area contributed by atoms with E-state index < -0.39 is 11.6 Å². The van der Waals surface area contributed by atoms with E-state index in [0.717, 1.165) is 72.0 Å². The molecule has 0 bridgehead atoms. The number of hydrogen-bond acceptors (Lipinski definition) is 1. The summed E-state index contributed by atoms with van der Waals surface area (Å²) in [4.78, 5) is 3.78. The number of nitrogens with zero attached hydrogens (tertiary/aromatic N) is 4. The quantitative estimate of drug-likeness (QED) is 0.110. The van der Waals surface area contributed by atoms with E-state index in [0.29, 0.717) is 11.1 Å². The summed E-state index contributed by atoms with van der Waals surface area (Å²) in [5.74, 6) is 2.67. The highest BCUT2D eigenvalue weighted by molar-refractivity contribution is 6.19. The lowest BCUT2D eigenvalue weighted by molar-refractivity contribution is 0.589. The fourth-order valence-electron chi connectivity index (χ4n) is 14.1. The molecule has 0 radical (unpaired) electrons. The first-order chi connectivity index (χ1) is 49.4. The molecule has 0 atom stereocenters. The highest BCUT2D eigenvalue weighted by Gasteiger charge is 2.31. The summed E-state index contributed by atoms with van der Waals surface area (Å²) in [7, 11) is 0. The van der Waals surface area contributed by atoms with Crippen LogP contribution in [0.1, 0.15) is 143 Å². The number of nitriles is 1. The van der Waals surface area contributed by atoms with Crippen LogP contribution < -0.4 is 0 Å². The standard InChI is InChI=1S/C40H32N2.C30H35N.C25H21N/c1-40(2,3)39-36(42-32-22-12-10-19-30(32)31-20-11-13-23-33(31)42)26-25-35-38(39)37-29(27-15-6-4-7-16-27)21-14-24-34(37)41(35)28-17-8-5-9-18-28;1-28(2,3)23-17-13-21(14-18-23)25-11-10-12-26(27(25)29(4,5)6)22-15-19-24(20-16-22)30(7,8)31-9;1-5-18-9-13-20(14-10-18)22-7-6-8-23(24(22)25(2,3)4)21-15-11-19(17-26)12-16-21/h4-26H,1-3H3;10-20H,1-8H3;1,6-16H,2-4H3/i4D,6D,7D,15D,16D;;. The molecule has 12 aromatic carbocycles. The van der Waals surface area contributed by atoms with Crippen LogP contribution in [0.15, 0.2) is 273 Å². The van der Waals surface area contributed by atoms with Crippen molar-refractivity contribution in [1.29, 1.82) is 5.26 Å². The lowest BCUT2D eigenvalue weighted by atomic mass is 9.76. The molecule has 2 heterocycles. The maximum absolute atomic E-state index is 9.05. The smallest absolute Gasteiger partial charge is 0.252 e.